The molecule has 2 fully saturated rings. The third-order valence-corrected chi connectivity index (χ3v) is 9.47. The topological polar surface area (TPSA) is 98.1 Å². The van der Waals surface area contributed by atoms with Crippen LogP contribution < -0.4 is 19.3 Å². The molecule has 44 heavy (non-hydrogen) atoms. The van der Waals surface area contributed by atoms with Crippen molar-refractivity contribution in [3.8, 4) is 17.8 Å². The second-order valence-corrected chi connectivity index (χ2v) is 12.2. The number of ether oxygens (including phenoxy) is 2. The van der Waals surface area contributed by atoms with Crippen LogP contribution in [-0.2, 0) is 4.79 Å². The van der Waals surface area contributed by atoms with E-state index in [2.05, 4.69) is 52.6 Å². The number of nitriles is 1. The van der Waals surface area contributed by atoms with Gasteiger partial charge in [-0.05, 0) is 56.4 Å². The van der Waals surface area contributed by atoms with Crippen LogP contribution in [0.25, 0.3) is 10.8 Å². The molecule has 4 heterocycles. The first kappa shape index (κ1) is 30.0. The third kappa shape index (κ3) is 5.51. The molecule has 230 valence electrons. The average Bonchev–Trinajstić information content (AvgIpc) is 3.44. The Labute approximate surface area is 263 Å². The monoisotopic (exact) mass is 615 g/mol. The van der Waals surface area contributed by atoms with Gasteiger partial charge in [0.15, 0.2) is 11.6 Å². The number of nitrogens with zero attached hydrogens (tertiary/aromatic N) is 7. The number of anilines is 2. The molecular formula is C33H38ClN7O3. The normalized spacial score (nSPS) is 23.7. The molecule has 0 spiro atoms. The van der Waals surface area contributed by atoms with Gasteiger partial charge in [0.1, 0.15) is 12.7 Å². The molecule has 1 amide bonds. The molecule has 11 heteroatoms. The Morgan fingerprint density at radius 2 is 1.93 bits per heavy atom. The maximum atomic E-state index is 12.6. The van der Waals surface area contributed by atoms with Crippen molar-refractivity contribution >= 4 is 39.9 Å². The van der Waals surface area contributed by atoms with E-state index in [1.807, 2.05) is 32.2 Å². The van der Waals surface area contributed by atoms with Gasteiger partial charge >= 0.3 is 6.01 Å². The molecule has 3 aliphatic rings. The number of fused-ring (bicyclic) bond motifs is 2. The molecule has 6 rings (SSSR count). The van der Waals surface area contributed by atoms with Gasteiger partial charge in [-0.1, -0.05) is 48.5 Å². The van der Waals surface area contributed by atoms with Crippen molar-refractivity contribution in [2.45, 2.75) is 50.4 Å². The summed E-state index contributed by atoms with van der Waals surface area (Å²) in [6.07, 6.45) is 3.43. The zero-order valence-corrected chi connectivity index (χ0v) is 26.2. The number of rotatable bonds is 7. The smallest absolute Gasteiger partial charge is 0.320 e. The quantitative estimate of drug-likeness (QED) is 0.346. The Balaban J connectivity index is 1.40. The third-order valence-electron chi connectivity index (χ3n) is 9.16. The highest BCUT2D eigenvalue weighted by Crippen LogP contribution is 2.47. The number of hydrogen-bond acceptors (Lipinski definition) is 9. The Hall–Kier alpha value is -4.07. The van der Waals surface area contributed by atoms with Crippen LogP contribution in [0.3, 0.4) is 0 Å². The summed E-state index contributed by atoms with van der Waals surface area (Å²) in [5, 5.41) is 12.3. The number of hydrogen-bond donors (Lipinski definition) is 0. The minimum Gasteiger partial charge on any atom is -0.481 e. The Morgan fingerprint density at radius 3 is 2.66 bits per heavy atom. The van der Waals surface area contributed by atoms with Crippen molar-refractivity contribution in [2.75, 3.05) is 56.7 Å². The van der Waals surface area contributed by atoms with Crippen LogP contribution in [-0.4, -0.2) is 90.7 Å². The molecule has 10 nitrogen and oxygen atoms in total. The molecule has 1 unspecified atom stereocenters. The second kappa shape index (κ2) is 12.5. The van der Waals surface area contributed by atoms with Crippen molar-refractivity contribution in [3.63, 3.8) is 0 Å². The van der Waals surface area contributed by atoms with Gasteiger partial charge < -0.3 is 29.1 Å². The van der Waals surface area contributed by atoms with E-state index < -0.39 is 0 Å². The van der Waals surface area contributed by atoms with Crippen LogP contribution in [0.2, 0.25) is 5.02 Å². The number of piperazine rings is 1. The SMILES string of the molecule is C=CC(=O)N1CCN(c2nc(OC[C@@H]3CCCN3C)nc3c2O[C@@H](C)C(c2cccc4cccc(Cl)c24)N3C)C[C@@H]1CC#N. The zero-order chi connectivity index (χ0) is 31.0. The van der Waals surface area contributed by atoms with Crippen molar-refractivity contribution in [1.82, 2.24) is 19.8 Å². The summed E-state index contributed by atoms with van der Waals surface area (Å²) in [6, 6.07) is 14.5. The van der Waals surface area contributed by atoms with Gasteiger partial charge in [-0.15, -0.1) is 0 Å². The summed E-state index contributed by atoms with van der Waals surface area (Å²) in [6.45, 7) is 8.58. The molecule has 2 aromatic carbocycles. The Bertz CT molecular complexity index is 1600. The van der Waals surface area contributed by atoms with Crippen LogP contribution in [0.15, 0.2) is 49.1 Å². The van der Waals surface area contributed by atoms with Crippen LogP contribution >= 0.6 is 11.6 Å². The number of benzene rings is 2. The number of aromatic nitrogens is 2. The summed E-state index contributed by atoms with van der Waals surface area (Å²) < 4.78 is 13.0. The molecular weight excluding hydrogens is 578 g/mol. The zero-order valence-electron chi connectivity index (χ0n) is 25.4. The number of likely N-dealkylation sites (N-methyl/N-ethyl adjacent to an activating group) is 2. The first-order valence-corrected chi connectivity index (χ1v) is 15.5. The first-order chi connectivity index (χ1) is 21.3. The van der Waals surface area contributed by atoms with E-state index in [9.17, 15) is 10.1 Å². The van der Waals surface area contributed by atoms with E-state index >= 15 is 0 Å². The number of carbonyl (C=O) groups excluding carboxylic acids is 1. The molecule has 0 saturated carbocycles. The highest BCUT2D eigenvalue weighted by Gasteiger charge is 2.40. The molecule has 1 aromatic heterocycles. The molecule has 2 saturated heterocycles. The average molecular weight is 616 g/mol. The van der Waals surface area contributed by atoms with Crippen molar-refractivity contribution in [1.29, 1.82) is 5.26 Å². The Kier molecular flexibility index (Phi) is 8.52. The molecule has 0 aliphatic carbocycles. The minimum atomic E-state index is -0.314. The van der Waals surface area contributed by atoms with Gasteiger partial charge in [0.25, 0.3) is 0 Å². The van der Waals surface area contributed by atoms with Gasteiger partial charge in [0.2, 0.25) is 11.7 Å². The van der Waals surface area contributed by atoms with E-state index in [4.69, 9.17) is 31.0 Å². The molecule has 0 N–H and O–H groups in total. The van der Waals surface area contributed by atoms with Gasteiger partial charge in [0, 0.05) is 43.1 Å². The van der Waals surface area contributed by atoms with Gasteiger partial charge in [-0.2, -0.15) is 15.2 Å². The van der Waals surface area contributed by atoms with Crippen molar-refractivity contribution < 1.29 is 14.3 Å². The fraction of sp³-hybridized carbons (Fsp3) is 0.455. The summed E-state index contributed by atoms with van der Waals surface area (Å²) >= 11 is 6.76. The lowest BCUT2D eigenvalue weighted by atomic mass is 9.93. The number of carbonyl (C=O) groups is 1. The van der Waals surface area contributed by atoms with E-state index in [1.54, 1.807) is 4.90 Å². The van der Waals surface area contributed by atoms with Gasteiger partial charge in [-0.3, -0.25) is 4.79 Å². The van der Waals surface area contributed by atoms with Crippen LogP contribution in [0, 0.1) is 11.3 Å². The van der Waals surface area contributed by atoms with E-state index in [1.165, 1.54) is 6.08 Å². The fourth-order valence-electron chi connectivity index (χ4n) is 6.85. The van der Waals surface area contributed by atoms with Crippen LogP contribution in [0.1, 0.15) is 37.8 Å². The van der Waals surface area contributed by atoms with Crippen LogP contribution in [0.5, 0.6) is 11.8 Å². The van der Waals surface area contributed by atoms with Crippen molar-refractivity contribution in [3.05, 3.63) is 59.6 Å². The highest BCUT2D eigenvalue weighted by molar-refractivity contribution is 6.35. The maximum absolute atomic E-state index is 12.6. The predicted molar refractivity (Wildman–Crippen MR) is 172 cm³/mol. The minimum absolute atomic E-state index is 0.180. The largest absolute Gasteiger partial charge is 0.481 e. The summed E-state index contributed by atoms with van der Waals surface area (Å²) in [4.78, 5) is 30.6. The summed E-state index contributed by atoms with van der Waals surface area (Å²) in [5.41, 5.74) is 1.05. The fourth-order valence-corrected chi connectivity index (χ4v) is 7.15. The number of likely N-dealkylation sites (tertiary alicyclic amines) is 1. The standard InChI is InChI=1S/C33H38ClN7O3/c1-5-27(42)41-18-17-40(19-23(41)14-15-35)32-30-31(36-33(37-32)43-20-24-11-8-16-38(24)3)39(4)29(21(2)44-30)25-12-6-9-22-10-7-13-26(34)28(22)25/h5-7,9-10,12-13,21,23-24,29H,1,8,11,14,16-20H2,2-4H3/t21-,23-,24-,29?/m0/s1. The predicted octanol–water partition coefficient (Wildman–Crippen LogP) is 4.83. The highest BCUT2D eigenvalue weighted by atomic mass is 35.5. The maximum Gasteiger partial charge on any atom is 0.320 e. The lowest BCUT2D eigenvalue weighted by molar-refractivity contribution is -0.128. The Morgan fingerprint density at radius 1 is 1.16 bits per heavy atom. The molecule has 3 aliphatic heterocycles. The van der Waals surface area contributed by atoms with E-state index in [0.29, 0.717) is 54.7 Å². The van der Waals surface area contributed by atoms with E-state index in [0.717, 1.165) is 35.7 Å². The first-order valence-electron chi connectivity index (χ1n) is 15.2. The molecule has 3 aromatic rings. The van der Waals surface area contributed by atoms with E-state index in [-0.39, 0.29) is 36.5 Å². The van der Waals surface area contributed by atoms with Gasteiger partial charge in [-0.25, -0.2) is 0 Å². The molecule has 0 radical (unpaired) electrons. The second-order valence-electron chi connectivity index (χ2n) is 11.8. The summed E-state index contributed by atoms with van der Waals surface area (Å²) in [7, 11) is 4.13. The summed E-state index contributed by atoms with van der Waals surface area (Å²) in [5.74, 6) is 1.61. The number of amides is 1. The lowest BCUT2D eigenvalue weighted by Crippen LogP contribution is -2.55. The lowest BCUT2D eigenvalue weighted by Gasteiger charge is -2.44. The molecule has 4 atom stereocenters. The van der Waals surface area contributed by atoms with Gasteiger partial charge in [0.05, 0.1) is 24.6 Å². The van der Waals surface area contributed by atoms with Crippen molar-refractivity contribution in [2.24, 2.45) is 0 Å². The van der Waals surface area contributed by atoms with Crippen LogP contribution in [0.4, 0.5) is 11.6 Å². The number of halogens is 1. The molecule has 0 bridgehead atoms.